The van der Waals surface area contributed by atoms with Crippen molar-refractivity contribution in [3.05, 3.63) is 17.7 Å². The minimum Gasteiger partial charge on any atom is -0.487 e. The van der Waals surface area contributed by atoms with Gasteiger partial charge in [0.15, 0.2) is 11.5 Å². The zero-order valence-corrected chi connectivity index (χ0v) is 32.4. The quantitative estimate of drug-likeness (QED) is 0.105. The van der Waals surface area contributed by atoms with Gasteiger partial charge in [-0.05, 0) is 80.0 Å². The third-order valence-corrected chi connectivity index (χ3v) is 6.11. The van der Waals surface area contributed by atoms with Gasteiger partial charge in [0.05, 0.1) is 123 Å². The first kappa shape index (κ1) is 46.2. The molecule has 0 unspecified atom stereocenters. The molecule has 1 N–H and O–H groups in total. The highest BCUT2D eigenvalue weighted by atomic mass is 16.6. The van der Waals surface area contributed by atoms with Crippen LogP contribution in [0.1, 0.15) is 67.9 Å². The van der Waals surface area contributed by atoms with Crippen molar-refractivity contribution in [1.29, 1.82) is 0 Å². The molecule has 0 aliphatic carbocycles. The van der Waals surface area contributed by atoms with Gasteiger partial charge in [-0.15, -0.1) is 0 Å². The van der Waals surface area contributed by atoms with Crippen LogP contribution >= 0.6 is 0 Å². The van der Waals surface area contributed by atoms with Gasteiger partial charge in [-0.25, -0.2) is 0 Å². The zero-order chi connectivity index (χ0) is 37.1. The van der Waals surface area contributed by atoms with E-state index < -0.39 is 0 Å². The van der Waals surface area contributed by atoms with Crippen LogP contribution in [0.25, 0.3) is 0 Å². The SMILES string of the molecule is CC(C)(C)OCCOCCOCCOc1cc(CO)cc(OCCOCCOCCOC(C)(C)C)c1OCCOCCOCCOC(C)(C)C. The smallest absolute Gasteiger partial charge is 0.203 e. The van der Waals surface area contributed by atoms with E-state index >= 15 is 0 Å². The van der Waals surface area contributed by atoms with Gasteiger partial charge in [0, 0.05) is 0 Å². The summed E-state index contributed by atoms with van der Waals surface area (Å²) in [6.07, 6.45) is 0. The Morgan fingerprint density at radius 2 is 0.640 bits per heavy atom. The van der Waals surface area contributed by atoms with E-state index in [1.807, 2.05) is 62.3 Å². The number of aliphatic hydroxyl groups excluding tert-OH is 1. The molecule has 0 atom stereocenters. The van der Waals surface area contributed by atoms with Crippen molar-refractivity contribution in [2.24, 2.45) is 0 Å². The molecule has 0 aliphatic heterocycles. The van der Waals surface area contributed by atoms with E-state index in [9.17, 15) is 5.11 Å². The molecule has 1 aromatic carbocycles. The molecule has 0 saturated heterocycles. The predicted molar refractivity (Wildman–Crippen MR) is 191 cm³/mol. The fourth-order valence-corrected chi connectivity index (χ4v) is 3.89. The lowest BCUT2D eigenvalue weighted by Gasteiger charge is -2.19. The Morgan fingerprint density at radius 1 is 0.380 bits per heavy atom. The van der Waals surface area contributed by atoms with Gasteiger partial charge in [-0.2, -0.15) is 0 Å². The average Bonchev–Trinajstić information content (AvgIpc) is 3.02. The Bertz CT molecular complexity index is 899. The maximum absolute atomic E-state index is 9.93. The van der Waals surface area contributed by atoms with Crippen molar-refractivity contribution in [2.45, 2.75) is 85.7 Å². The monoisotopic (exact) mass is 720 g/mol. The standard InChI is InChI=1S/C37H68O13/c1-35(2,3)48-25-19-42-13-10-39-16-22-45-32-28-31(30-38)29-33(46-23-17-40-11-14-43-20-26-49-36(4,5)6)34(32)47-24-18-41-12-15-44-21-27-50-37(7,8)9/h28-29,38H,10-27,30H2,1-9H3. The van der Waals surface area contributed by atoms with Gasteiger partial charge in [0.2, 0.25) is 5.75 Å². The van der Waals surface area contributed by atoms with Gasteiger partial charge in [-0.1, -0.05) is 0 Å². The lowest BCUT2D eigenvalue weighted by Crippen LogP contribution is -2.22. The molecule has 0 aliphatic rings. The fourth-order valence-electron chi connectivity index (χ4n) is 3.89. The van der Waals surface area contributed by atoms with Crippen LogP contribution in [0.15, 0.2) is 12.1 Å². The molecule has 294 valence electrons. The van der Waals surface area contributed by atoms with E-state index in [-0.39, 0.29) is 43.2 Å². The summed E-state index contributed by atoms with van der Waals surface area (Å²) in [5.41, 5.74) is 0.0510. The Labute approximate surface area is 301 Å². The maximum Gasteiger partial charge on any atom is 0.203 e. The Morgan fingerprint density at radius 3 is 0.920 bits per heavy atom. The summed E-state index contributed by atoms with van der Waals surface area (Å²) in [6.45, 7) is 25.4. The number of hydrogen-bond acceptors (Lipinski definition) is 13. The average molecular weight is 721 g/mol. The summed E-state index contributed by atoms with van der Waals surface area (Å²) in [7, 11) is 0. The molecule has 13 heteroatoms. The van der Waals surface area contributed by atoms with Crippen molar-refractivity contribution in [2.75, 3.05) is 119 Å². The molecular formula is C37H68O13. The van der Waals surface area contributed by atoms with Gasteiger partial charge < -0.3 is 61.9 Å². The number of rotatable bonds is 31. The first-order chi connectivity index (χ1) is 23.7. The van der Waals surface area contributed by atoms with Crippen molar-refractivity contribution < 1.29 is 61.9 Å². The number of benzene rings is 1. The van der Waals surface area contributed by atoms with Crippen LogP contribution in [-0.2, 0) is 49.2 Å². The van der Waals surface area contributed by atoms with Crippen LogP contribution < -0.4 is 14.2 Å². The summed E-state index contributed by atoms with van der Waals surface area (Å²) in [5, 5.41) is 9.93. The molecular weight excluding hydrogens is 652 g/mol. The first-order valence-corrected chi connectivity index (χ1v) is 17.7. The maximum atomic E-state index is 9.93. The second-order valence-corrected chi connectivity index (χ2v) is 14.2. The van der Waals surface area contributed by atoms with Crippen LogP contribution in [0, 0.1) is 0 Å². The van der Waals surface area contributed by atoms with Crippen molar-refractivity contribution in [3.8, 4) is 17.2 Å². The minimum atomic E-state index is -0.198. The van der Waals surface area contributed by atoms with E-state index in [4.69, 9.17) is 56.8 Å². The van der Waals surface area contributed by atoms with Crippen molar-refractivity contribution in [1.82, 2.24) is 0 Å². The molecule has 13 nitrogen and oxygen atoms in total. The van der Waals surface area contributed by atoms with Crippen molar-refractivity contribution in [3.63, 3.8) is 0 Å². The normalized spacial score (nSPS) is 12.4. The zero-order valence-electron chi connectivity index (χ0n) is 32.4. The lowest BCUT2D eigenvalue weighted by atomic mass is 10.2. The predicted octanol–water partition coefficient (Wildman–Crippen LogP) is 4.86. The van der Waals surface area contributed by atoms with Gasteiger partial charge in [0.25, 0.3) is 0 Å². The van der Waals surface area contributed by atoms with Crippen LogP contribution in [0.5, 0.6) is 17.2 Å². The molecule has 0 fully saturated rings. The Hall–Kier alpha value is -1.78. The van der Waals surface area contributed by atoms with Gasteiger partial charge in [-0.3, -0.25) is 0 Å². The highest BCUT2D eigenvalue weighted by Gasteiger charge is 2.17. The largest absolute Gasteiger partial charge is 0.487 e. The lowest BCUT2D eigenvalue weighted by molar-refractivity contribution is -0.0438. The second-order valence-electron chi connectivity index (χ2n) is 14.2. The van der Waals surface area contributed by atoms with E-state index in [1.165, 1.54) is 0 Å². The van der Waals surface area contributed by atoms with E-state index in [2.05, 4.69) is 0 Å². The molecule has 0 spiro atoms. The molecule has 1 rings (SSSR count). The summed E-state index contributed by atoms with van der Waals surface area (Å²) in [6, 6.07) is 3.46. The van der Waals surface area contributed by atoms with Crippen molar-refractivity contribution >= 4 is 0 Å². The Balaban J connectivity index is 2.57. The third kappa shape index (κ3) is 27.9. The summed E-state index contributed by atoms with van der Waals surface area (Å²) < 4.78 is 68.8. The van der Waals surface area contributed by atoms with E-state index in [1.54, 1.807) is 12.1 Å². The molecule has 1 aromatic rings. The van der Waals surface area contributed by atoms with Crippen LogP contribution in [0.3, 0.4) is 0 Å². The first-order valence-electron chi connectivity index (χ1n) is 17.7. The number of aliphatic hydroxyl groups is 1. The molecule has 0 aromatic heterocycles. The highest BCUT2D eigenvalue weighted by Crippen LogP contribution is 2.39. The molecule has 0 amide bonds. The topological polar surface area (TPSA) is 131 Å². The highest BCUT2D eigenvalue weighted by molar-refractivity contribution is 5.54. The molecule has 0 radical (unpaired) electrons. The van der Waals surface area contributed by atoms with E-state index in [0.717, 1.165) is 0 Å². The van der Waals surface area contributed by atoms with Crippen LogP contribution in [0.2, 0.25) is 0 Å². The van der Waals surface area contributed by atoms with Gasteiger partial charge in [0.1, 0.15) is 19.8 Å². The molecule has 0 saturated carbocycles. The number of ether oxygens (including phenoxy) is 12. The third-order valence-electron chi connectivity index (χ3n) is 6.11. The minimum absolute atomic E-state index is 0.188. The molecule has 50 heavy (non-hydrogen) atoms. The van der Waals surface area contributed by atoms with Crippen LogP contribution in [0.4, 0.5) is 0 Å². The summed E-state index contributed by atoms with van der Waals surface area (Å²) in [4.78, 5) is 0. The second kappa shape index (κ2) is 26.9. The van der Waals surface area contributed by atoms with E-state index in [0.29, 0.717) is 122 Å². The summed E-state index contributed by atoms with van der Waals surface area (Å²) >= 11 is 0. The fraction of sp³-hybridized carbons (Fsp3) is 0.838. The molecule has 0 bridgehead atoms. The number of hydrogen-bond donors (Lipinski definition) is 1. The Kier molecular flexibility index (Phi) is 24.9. The van der Waals surface area contributed by atoms with Crippen LogP contribution in [-0.4, -0.2) is 141 Å². The summed E-state index contributed by atoms with van der Waals surface area (Å²) in [5.74, 6) is 1.27. The molecule has 0 heterocycles. The van der Waals surface area contributed by atoms with Gasteiger partial charge >= 0.3 is 0 Å².